The second-order valence-electron chi connectivity index (χ2n) is 1.48. The zero-order valence-corrected chi connectivity index (χ0v) is 5.78. The molecule has 0 fully saturated rings. The van der Waals surface area contributed by atoms with Crippen molar-refractivity contribution in [1.29, 1.82) is 0 Å². The van der Waals surface area contributed by atoms with Gasteiger partial charge in [-0.3, -0.25) is 0 Å². The first kappa shape index (κ1) is 7.47. The van der Waals surface area contributed by atoms with Crippen molar-refractivity contribution in [3.63, 3.8) is 0 Å². The van der Waals surface area contributed by atoms with E-state index in [4.69, 9.17) is 0 Å². The molecule has 11 heavy (non-hydrogen) atoms. The van der Waals surface area contributed by atoms with Crippen LogP contribution in [0.3, 0.4) is 0 Å². The Morgan fingerprint density at radius 2 is 2.36 bits per heavy atom. The van der Waals surface area contributed by atoms with Crippen molar-refractivity contribution < 1.29 is 13.5 Å². The molecule has 0 saturated heterocycles. The van der Waals surface area contributed by atoms with Gasteiger partial charge >= 0.3 is 0 Å². The average Bonchev–Trinajstić information content (AvgIpc) is 2.32. The van der Waals surface area contributed by atoms with Crippen LogP contribution in [-0.2, 0) is 10.3 Å². The molecule has 9 heteroatoms. The van der Waals surface area contributed by atoms with E-state index >= 15 is 0 Å². The maximum atomic E-state index is 10.2. The third-order valence-corrected chi connectivity index (χ3v) is 1.49. The van der Waals surface area contributed by atoms with Crippen molar-refractivity contribution in [2.75, 3.05) is 0 Å². The summed E-state index contributed by atoms with van der Waals surface area (Å²) >= 11 is 0. The molecule has 1 aromatic rings. The minimum Gasteiger partial charge on any atom is -0.339 e. The van der Waals surface area contributed by atoms with E-state index in [2.05, 4.69) is 5.10 Å². The Balaban J connectivity index is 3.67. The highest BCUT2D eigenvalue weighted by molar-refractivity contribution is 7.63. The van der Waals surface area contributed by atoms with Crippen molar-refractivity contribution in [3.8, 4) is 0 Å². The Morgan fingerprint density at radius 1 is 1.73 bits per heavy atom. The summed E-state index contributed by atoms with van der Waals surface area (Å²) in [6.07, 6.45) is 0.839. The van der Waals surface area contributed by atoms with Crippen LogP contribution in [0.25, 0.3) is 0 Å². The van der Waals surface area contributed by atoms with Gasteiger partial charge in [0.2, 0.25) is 10.3 Å². The smallest absolute Gasteiger partial charge is 0.270 e. The van der Waals surface area contributed by atoms with Crippen LogP contribution in [0.2, 0.25) is 0 Å². The lowest BCUT2D eigenvalue weighted by molar-refractivity contribution is -0.554. The first-order valence-electron chi connectivity index (χ1n) is 2.32. The molecule has 1 N–H and O–H groups in total. The predicted octanol–water partition coefficient (Wildman–Crippen LogP) is -1.34. The first-order valence-corrected chi connectivity index (χ1v) is 3.40. The fourth-order valence-corrected chi connectivity index (χ4v) is 0.861. The zero-order chi connectivity index (χ0) is 8.43. The highest BCUT2D eigenvalue weighted by Crippen LogP contribution is 1.81. The Hall–Kier alpha value is -1.64. The number of nitro groups is 1. The van der Waals surface area contributed by atoms with Crippen LogP contribution in [0.1, 0.15) is 0 Å². The van der Waals surface area contributed by atoms with Crippen molar-refractivity contribution >= 4 is 10.3 Å². The van der Waals surface area contributed by atoms with Crippen LogP contribution in [0.15, 0.2) is 6.20 Å². The quantitative estimate of drug-likeness (QED) is 0.325. The predicted molar refractivity (Wildman–Crippen MR) is 31.1 cm³/mol. The van der Waals surface area contributed by atoms with E-state index in [0.29, 0.717) is 0 Å². The fourth-order valence-electron chi connectivity index (χ4n) is 0.473. The van der Waals surface area contributed by atoms with Gasteiger partial charge in [0.1, 0.15) is 6.20 Å². The van der Waals surface area contributed by atoms with Gasteiger partial charge in [-0.1, -0.05) is 10.3 Å². The molecule has 0 aliphatic rings. The van der Waals surface area contributed by atoms with E-state index in [-0.39, 0.29) is 4.79 Å². The molecular weight excluding hydrogens is 176 g/mol. The molecule has 1 heterocycles. The number of aromatic nitrogens is 3. The lowest BCUT2D eigenvalue weighted by Gasteiger charge is -1.87. The Bertz CT molecular complexity index is 429. The van der Waals surface area contributed by atoms with Gasteiger partial charge in [-0.2, -0.15) is 8.42 Å². The number of H-pyrrole nitrogens is 1. The van der Waals surface area contributed by atoms with Gasteiger partial charge in [-0.25, -0.2) is 0 Å². The molecule has 0 saturated carbocycles. The van der Waals surface area contributed by atoms with Crippen LogP contribution in [0.5, 0.6) is 0 Å². The second kappa shape index (κ2) is 2.54. The third kappa shape index (κ3) is 1.26. The number of hydrogen-bond acceptors (Lipinski definition) is 5. The van der Waals surface area contributed by atoms with Crippen molar-refractivity contribution in [3.05, 3.63) is 21.0 Å². The van der Waals surface area contributed by atoms with Crippen LogP contribution < -0.4 is 0 Å². The highest BCUT2D eigenvalue weighted by atomic mass is 32.2. The fraction of sp³-hybridized carbons (Fsp3) is 0. The zero-order valence-electron chi connectivity index (χ0n) is 4.96. The Morgan fingerprint density at radius 3 is 2.73 bits per heavy atom. The van der Waals surface area contributed by atoms with E-state index in [1.165, 1.54) is 0 Å². The summed E-state index contributed by atoms with van der Waals surface area (Å²) < 4.78 is 19.9. The lowest BCUT2D eigenvalue weighted by Crippen LogP contribution is -2.11. The highest BCUT2D eigenvalue weighted by Gasteiger charge is 2.03. The molecular formula is C2H2N4O4S. The van der Waals surface area contributed by atoms with Crippen molar-refractivity contribution in [1.82, 2.24) is 15.1 Å². The summed E-state index contributed by atoms with van der Waals surface area (Å²) in [5.41, 5.74) is 0. The summed E-state index contributed by atoms with van der Waals surface area (Å²) in [4.78, 5) is 10.2. The Kier molecular flexibility index (Phi) is 1.72. The largest absolute Gasteiger partial charge is 0.339 e. The molecule has 0 radical (unpaired) electrons. The maximum absolute atomic E-state index is 10.2. The minimum atomic E-state index is -2.65. The van der Waals surface area contributed by atoms with Crippen LogP contribution in [-0.4, -0.2) is 28.6 Å². The monoisotopic (exact) mass is 178 g/mol. The van der Waals surface area contributed by atoms with Crippen LogP contribution in [0, 0.1) is 14.8 Å². The Labute approximate surface area is 60.7 Å². The summed E-state index contributed by atoms with van der Waals surface area (Å²) in [6, 6.07) is 0. The van der Waals surface area contributed by atoms with Gasteiger partial charge in [0.05, 0.1) is 5.03 Å². The van der Waals surface area contributed by atoms with E-state index in [9.17, 15) is 18.5 Å². The number of hydrogen-bond donors (Lipinski definition) is 1. The molecule has 0 bridgehead atoms. The van der Waals surface area contributed by atoms with Gasteiger partial charge in [-0.05, 0) is 0 Å². The first-order chi connectivity index (χ1) is 5.13. The summed E-state index contributed by atoms with van der Waals surface area (Å²) in [7, 11) is -2.65. The maximum Gasteiger partial charge on any atom is 0.270 e. The van der Waals surface area contributed by atoms with Gasteiger partial charge in [-0.15, -0.1) is 0 Å². The number of nitrogens with zero attached hydrogens (tertiary/aromatic N) is 3. The van der Waals surface area contributed by atoms with Crippen molar-refractivity contribution in [2.24, 2.45) is 0 Å². The number of rotatable bonds is 1. The summed E-state index contributed by atoms with van der Waals surface area (Å²) in [5, 5.41) is 14.1. The second-order valence-corrected chi connectivity index (χ2v) is 2.37. The van der Waals surface area contributed by atoms with Crippen LogP contribution in [0.4, 0.5) is 0 Å². The van der Waals surface area contributed by atoms with Gasteiger partial charge in [0.25, 0.3) is 4.64 Å². The van der Waals surface area contributed by atoms with E-state index < -0.39 is 20.0 Å². The molecule has 0 aliphatic heterocycles. The molecule has 0 aliphatic carbocycles. The standard InChI is InChI=1S/C2H2N4O4S/c7-6(8)5-2(11(9)10)1-3-4-5/h1,4H. The number of nitrogens with one attached hydrogen (secondary N) is 1. The molecule has 0 unspecified atom stereocenters. The summed E-state index contributed by atoms with van der Waals surface area (Å²) in [5.74, 6) is 0. The van der Waals surface area contributed by atoms with E-state index in [1.807, 2.05) is 5.21 Å². The molecule has 0 aromatic carbocycles. The lowest BCUT2D eigenvalue weighted by atomic mass is 10.9. The molecule has 0 atom stereocenters. The molecule has 0 amide bonds. The average molecular weight is 178 g/mol. The molecule has 1 aromatic heterocycles. The minimum absolute atomic E-state index is 0.198. The normalized spacial score (nSPS) is 9.45. The van der Waals surface area contributed by atoms with Crippen LogP contribution >= 0.6 is 0 Å². The van der Waals surface area contributed by atoms with Gasteiger partial charge in [0.15, 0.2) is 0 Å². The molecule has 60 valence electrons. The molecule has 0 spiro atoms. The number of aromatic amines is 1. The SMILES string of the molecule is O=[N+]([O-])n1[nH]ncc1=S(=O)=O. The molecule has 8 nitrogen and oxygen atoms in total. The van der Waals surface area contributed by atoms with Gasteiger partial charge in [0, 0.05) is 4.79 Å². The topological polar surface area (TPSA) is 111 Å². The summed E-state index contributed by atoms with van der Waals surface area (Å²) in [6.45, 7) is 0. The third-order valence-electron chi connectivity index (χ3n) is 0.870. The van der Waals surface area contributed by atoms with Gasteiger partial charge < -0.3 is 10.1 Å². The van der Waals surface area contributed by atoms with E-state index in [0.717, 1.165) is 6.20 Å². The molecule has 1 rings (SSSR count). The van der Waals surface area contributed by atoms with Crippen molar-refractivity contribution in [2.45, 2.75) is 0 Å². The van der Waals surface area contributed by atoms with E-state index in [1.54, 1.807) is 0 Å².